The average molecular weight is 351 g/mol. The van der Waals surface area contributed by atoms with Crippen LogP contribution in [-0.4, -0.2) is 6.04 Å². The van der Waals surface area contributed by atoms with Crippen LogP contribution in [0.3, 0.4) is 0 Å². The monoisotopic (exact) mass is 350 g/mol. The lowest BCUT2D eigenvalue weighted by Gasteiger charge is -2.17. The van der Waals surface area contributed by atoms with Crippen LogP contribution in [-0.2, 0) is 12.8 Å². The summed E-state index contributed by atoms with van der Waals surface area (Å²) in [5, 5.41) is 0. The van der Waals surface area contributed by atoms with Gasteiger partial charge in [0, 0.05) is 10.5 Å². The summed E-state index contributed by atoms with van der Waals surface area (Å²) in [6, 6.07) is 11.4. The third-order valence-electron chi connectivity index (χ3n) is 3.69. The minimum Gasteiger partial charge on any atom is -0.271 e. The number of hydrogen-bond acceptors (Lipinski definition) is 2. The Labute approximate surface area is 133 Å². The first kappa shape index (κ1) is 16.1. The zero-order valence-corrected chi connectivity index (χ0v) is 13.9. The van der Waals surface area contributed by atoms with Crippen LogP contribution < -0.4 is 11.3 Å². The summed E-state index contributed by atoms with van der Waals surface area (Å²) >= 11 is 3.32. The molecule has 0 fully saturated rings. The molecule has 0 radical (unpaired) electrons. The van der Waals surface area contributed by atoms with E-state index in [9.17, 15) is 4.39 Å². The fraction of sp³-hybridized carbons (Fsp3) is 0.294. The Morgan fingerprint density at radius 3 is 2.38 bits per heavy atom. The van der Waals surface area contributed by atoms with Crippen LogP contribution in [0.5, 0.6) is 0 Å². The highest BCUT2D eigenvalue weighted by Crippen LogP contribution is 2.18. The molecule has 0 aliphatic carbocycles. The van der Waals surface area contributed by atoms with Crippen molar-refractivity contribution in [1.29, 1.82) is 0 Å². The maximum atomic E-state index is 13.4. The highest BCUT2D eigenvalue weighted by atomic mass is 79.9. The normalized spacial score (nSPS) is 12.4. The standard InChI is InChI=1S/C17H20BrFN2/c1-11-3-4-13(5-12(11)2)8-17(21-20)9-14-6-15(18)10-16(19)7-14/h3-7,10,17,21H,8-9,20H2,1-2H3. The highest BCUT2D eigenvalue weighted by molar-refractivity contribution is 9.10. The Bertz CT molecular complexity index is 608. The van der Waals surface area contributed by atoms with Gasteiger partial charge in [-0.05, 0) is 67.1 Å². The molecule has 2 aromatic rings. The van der Waals surface area contributed by atoms with E-state index in [1.807, 2.05) is 6.07 Å². The summed E-state index contributed by atoms with van der Waals surface area (Å²) in [4.78, 5) is 0. The fourth-order valence-corrected chi connectivity index (χ4v) is 2.93. The van der Waals surface area contributed by atoms with Gasteiger partial charge in [0.15, 0.2) is 0 Å². The van der Waals surface area contributed by atoms with E-state index in [-0.39, 0.29) is 11.9 Å². The van der Waals surface area contributed by atoms with Gasteiger partial charge in [0.1, 0.15) is 5.82 Å². The molecule has 0 spiro atoms. The van der Waals surface area contributed by atoms with Crippen LogP contribution in [0.25, 0.3) is 0 Å². The van der Waals surface area contributed by atoms with Gasteiger partial charge in [-0.2, -0.15) is 0 Å². The zero-order valence-electron chi connectivity index (χ0n) is 12.3. The van der Waals surface area contributed by atoms with E-state index in [2.05, 4.69) is 53.4 Å². The van der Waals surface area contributed by atoms with Crippen molar-refractivity contribution in [2.24, 2.45) is 5.84 Å². The van der Waals surface area contributed by atoms with E-state index in [4.69, 9.17) is 5.84 Å². The van der Waals surface area contributed by atoms with Gasteiger partial charge in [-0.15, -0.1) is 0 Å². The Kier molecular flexibility index (Phi) is 5.51. The molecule has 2 aromatic carbocycles. The molecular weight excluding hydrogens is 331 g/mol. The van der Waals surface area contributed by atoms with Gasteiger partial charge < -0.3 is 0 Å². The second kappa shape index (κ2) is 7.16. The van der Waals surface area contributed by atoms with E-state index >= 15 is 0 Å². The van der Waals surface area contributed by atoms with Gasteiger partial charge >= 0.3 is 0 Å². The van der Waals surface area contributed by atoms with E-state index < -0.39 is 0 Å². The first-order chi connectivity index (χ1) is 9.97. The molecule has 3 N–H and O–H groups in total. The molecule has 0 aromatic heterocycles. The number of halogens is 2. The van der Waals surface area contributed by atoms with Crippen LogP contribution >= 0.6 is 15.9 Å². The molecule has 2 nitrogen and oxygen atoms in total. The molecular formula is C17H20BrFN2. The molecule has 112 valence electrons. The molecule has 2 rings (SSSR count). The summed E-state index contributed by atoms with van der Waals surface area (Å²) in [6.45, 7) is 4.20. The van der Waals surface area contributed by atoms with Crippen molar-refractivity contribution in [1.82, 2.24) is 5.43 Å². The van der Waals surface area contributed by atoms with Gasteiger partial charge in [0.2, 0.25) is 0 Å². The topological polar surface area (TPSA) is 38.0 Å². The fourth-order valence-electron chi connectivity index (χ4n) is 2.42. The van der Waals surface area contributed by atoms with Crippen molar-refractivity contribution in [3.63, 3.8) is 0 Å². The summed E-state index contributed by atoms with van der Waals surface area (Å²) in [5.41, 5.74) is 7.55. The summed E-state index contributed by atoms with van der Waals surface area (Å²) in [7, 11) is 0. The second-order valence-corrected chi connectivity index (χ2v) is 6.38. The first-order valence-corrected chi connectivity index (χ1v) is 7.74. The summed E-state index contributed by atoms with van der Waals surface area (Å²) < 4.78 is 14.2. The minimum atomic E-state index is -0.235. The molecule has 0 saturated carbocycles. The third kappa shape index (κ3) is 4.63. The van der Waals surface area contributed by atoms with Gasteiger partial charge in [-0.1, -0.05) is 34.1 Å². The van der Waals surface area contributed by atoms with Crippen LogP contribution in [0, 0.1) is 19.7 Å². The van der Waals surface area contributed by atoms with Crippen LogP contribution in [0.4, 0.5) is 4.39 Å². The van der Waals surface area contributed by atoms with E-state index in [0.717, 1.165) is 16.5 Å². The predicted octanol–water partition coefficient (Wildman–Crippen LogP) is 3.82. The Morgan fingerprint density at radius 2 is 1.76 bits per heavy atom. The average Bonchev–Trinajstić information content (AvgIpc) is 2.41. The van der Waals surface area contributed by atoms with Gasteiger partial charge in [0.25, 0.3) is 0 Å². The number of hydrogen-bond donors (Lipinski definition) is 2. The maximum absolute atomic E-state index is 13.4. The number of nitrogens with two attached hydrogens (primary N) is 1. The molecule has 1 unspecified atom stereocenters. The van der Waals surface area contributed by atoms with Crippen molar-refractivity contribution in [3.8, 4) is 0 Å². The predicted molar refractivity (Wildman–Crippen MR) is 88.5 cm³/mol. The zero-order chi connectivity index (χ0) is 15.4. The molecule has 0 amide bonds. The molecule has 4 heteroatoms. The molecule has 0 aliphatic rings. The van der Waals surface area contributed by atoms with Crippen molar-refractivity contribution in [2.45, 2.75) is 32.7 Å². The number of hydrazine groups is 1. The lowest BCUT2D eigenvalue weighted by Crippen LogP contribution is -2.38. The third-order valence-corrected chi connectivity index (χ3v) is 4.15. The smallest absolute Gasteiger partial charge is 0.124 e. The molecule has 0 aliphatic heterocycles. The lowest BCUT2D eigenvalue weighted by atomic mass is 9.97. The van der Waals surface area contributed by atoms with Crippen molar-refractivity contribution >= 4 is 15.9 Å². The quantitative estimate of drug-likeness (QED) is 0.635. The lowest BCUT2D eigenvalue weighted by molar-refractivity contribution is 0.520. The number of benzene rings is 2. The van der Waals surface area contributed by atoms with E-state index in [1.54, 1.807) is 6.07 Å². The Morgan fingerprint density at radius 1 is 1.05 bits per heavy atom. The van der Waals surface area contributed by atoms with E-state index in [1.165, 1.54) is 22.8 Å². The van der Waals surface area contributed by atoms with Crippen molar-refractivity contribution < 1.29 is 4.39 Å². The SMILES string of the molecule is Cc1ccc(CC(Cc2cc(F)cc(Br)c2)NN)cc1C. The van der Waals surface area contributed by atoms with Gasteiger partial charge in [-0.3, -0.25) is 11.3 Å². The molecule has 0 saturated heterocycles. The Balaban J connectivity index is 2.10. The largest absolute Gasteiger partial charge is 0.271 e. The summed E-state index contributed by atoms with van der Waals surface area (Å²) in [5.74, 6) is 5.42. The second-order valence-electron chi connectivity index (χ2n) is 5.47. The van der Waals surface area contributed by atoms with Gasteiger partial charge in [-0.25, -0.2) is 4.39 Å². The van der Waals surface area contributed by atoms with Crippen LogP contribution in [0.2, 0.25) is 0 Å². The number of aryl methyl sites for hydroxylation is 2. The number of nitrogens with one attached hydrogen (secondary N) is 1. The molecule has 1 atom stereocenters. The first-order valence-electron chi connectivity index (χ1n) is 6.95. The minimum absolute atomic E-state index is 0.0702. The van der Waals surface area contributed by atoms with Crippen LogP contribution in [0.15, 0.2) is 40.9 Å². The van der Waals surface area contributed by atoms with E-state index in [0.29, 0.717) is 6.42 Å². The summed E-state index contributed by atoms with van der Waals surface area (Å²) in [6.07, 6.45) is 1.49. The number of rotatable bonds is 5. The molecule has 21 heavy (non-hydrogen) atoms. The maximum Gasteiger partial charge on any atom is 0.124 e. The highest BCUT2D eigenvalue weighted by Gasteiger charge is 2.11. The van der Waals surface area contributed by atoms with Crippen molar-refractivity contribution in [2.75, 3.05) is 0 Å². The van der Waals surface area contributed by atoms with Crippen LogP contribution in [0.1, 0.15) is 22.3 Å². The Hall–Kier alpha value is -1.23. The van der Waals surface area contributed by atoms with Gasteiger partial charge in [0.05, 0.1) is 0 Å². The molecule has 0 heterocycles. The molecule has 0 bridgehead atoms. The van der Waals surface area contributed by atoms with Crippen molar-refractivity contribution in [3.05, 3.63) is 68.9 Å².